The smallest absolute Gasteiger partial charge is 0.307 e. The van der Waals surface area contributed by atoms with Crippen molar-refractivity contribution in [2.75, 3.05) is 0 Å². The van der Waals surface area contributed by atoms with Crippen LogP contribution in [0.2, 0.25) is 0 Å². The summed E-state index contributed by atoms with van der Waals surface area (Å²) in [7, 11) is 0. The third-order valence-electron chi connectivity index (χ3n) is 1.78. The number of carboxylic acids is 1. The monoisotopic (exact) mass is 206 g/mol. The van der Waals surface area contributed by atoms with Crippen LogP contribution in [0.25, 0.3) is 0 Å². The van der Waals surface area contributed by atoms with Gasteiger partial charge >= 0.3 is 5.97 Å². The molecular formula is C9H6N2O4. The summed E-state index contributed by atoms with van der Waals surface area (Å²) in [5.74, 6) is -1.13. The Balaban J connectivity index is 3.30. The second-order valence-electron chi connectivity index (χ2n) is 2.75. The number of nitrogens with zero attached hydrogens (tertiary/aromatic N) is 2. The molecule has 0 saturated carbocycles. The molecule has 6 heteroatoms. The molecular weight excluding hydrogens is 200 g/mol. The molecule has 0 heterocycles. The van der Waals surface area contributed by atoms with Crippen LogP contribution < -0.4 is 0 Å². The van der Waals surface area contributed by atoms with E-state index in [4.69, 9.17) is 10.4 Å². The van der Waals surface area contributed by atoms with Crippen molar-refractivity contribution in [1.82, 2.24) is 0 Å². The molecule has 6 nitrogen and oxygen atoms in total. The molecule has 0 aliphatic heterocycles. The molecule has 0 amide bonds. The van der Waals surface area contributed by atoms with Gasteiger partial charge in [-0.3, -0.25) is 14.9 Å². The minimum absolute atomic E-state index is 0.152. The second kappa shape index (κ2) is 4.19. The predicted octanol–water partition coefficient (Wildman–Crippen LogP) is 1.09. The fraction of sp³-hybridized carbons (Fsp3) is 0.111. The molecule has 1 rings (SSSR count). The molecule has 0 unspecified atom stereocenters. The maximum Gasteiger partial charge on any atom is 0.307 e. The Labute approximate surface area is 84.5 Å². The first-order valence-corrected chi connectivity index (χ1v) is 3.94. The Bertz CT molecular complexity index is 462. The summed E-state index contributed by atoms with van der Waals surface area (Å²) in [4.78, 5) is 20.3. The van der Waals surface area contributed by atoms with Crippen molar-refractivity contribution < 1.29 is 14.8 Å². The number of aliphatic carboxylic acids is 1. The number of nitro benzene ring substituents is 1. The molecule has 1 N–H and O–H groups in total. The van der Waals surface area contributed by atoms with Crippen LogP contribution in [-0.4, -0.2) is 16.0 Å². The first kappa shape index (κ1) is 10.7. The Morgan fingerprint density at radius 1 is 1.60 bits per heavy atom. The van der Waals surface area contributed by atoms with Crippen molar-refractivity contribution in [3.05, 3.63) is 39.4 Å². The first-order chi connectivity index (χ1) is 7.06. The van der Waals surface area contributed by atoms with E-state index in [1.165, 1.54) is 18.2 Å². The molecule has 0 aliphatic rings. The highest BCUT2D eigenvalue weighted by Gasteiger charge is 2.18. The van der Waals surface area contributed by atoms with Crippen LogP contribution in [0.3, 0.4) is 0 Å². The largest absolute Gasteiger partial charge is 0.481 e. The number of nitriles is 1. The first-order valence-electron chi connectivity index (χ1n) is 3.94. The normalized spacial score (nSPS) is 9.27. The van der Waals surface area contributed by atoms with Gasteiger partial charge in [0, 0.05) is 6.07 Å². The lowest BCUT2D eigenvalue weighted by molar-refractivity contribution is -0.385. The van der Waals surface area contributed by atoms with Gasteiger partial charge in [-0.2, -0.15) is 5.26 Å². The number of nitro groups is 1. The summed E-state index contributed by atoms with van der Waals surface area (Å²) in [6.45, 7) is 0. The van der Waals surface area contributed by atoms with Crippen LogP contribution in [0.4, 0.5) is 5.69 Å². The third kappa shape index (κ3) is 2.28. The summed E-state index contributed by atoms with van der Waals surface area (Å²) >= 11 is 0. The highest BCUT2D eigenvalue weighted by molar-refractivity contribution is 5.72. The zero-order chi connectivity index (χ0) is 11.4. The molecule has 0 radical (unpaired) electrons. The Morgan fingerprint density at radius 3 is 2.73 bits per heavy atom. The van der Waals surface area contributed by atoms with E-state index >= 15 is 0 Å². The minimum atomic E-state index is -1.13. The summed E-state index contributed by atoms with van der Waals surface area (Å²) in [5, 5.41) is 27.8. The number of carbonyl (C=O) groups is 1. The molecule has 15 heavy (non-hydrogen) atoms. The lowest BCUT2D eigenvalue weighted by Crippen LogP contribution is -2.04. The van der Waals surface area contributed by atoms with Gasteiger partial charge in [0.15, 0.2) is 0 Å². The molecule has 1 aromatic rings. The fourth-order valence-corrected chi connectivity index (χ4v) is 1.18. The maximum absolute atomic E-state index is 10.5. The van der Waals surface area contributed by atoms with Gasteiger partial charge in [-0.25, -0.2) is 0 Å². The zero-order valence-electron chi connectivity index (χ0n) is 7.51. The van der Waals surface area contributed by atoms with Gasteiger partial charge in [-0.15, -0.1) is 0 Å². The number of hydrogen-bond donors (Lipinski definition) is 1. The number of benzene rings is 1. The molecule has 0 aliphatic carbocycles. The van der Waals surface area contributed by atoms with Crippen molar-refractivity contribution in [3.8, 4) is 6.07 Å². The van der Waals surface area contributed by atoms with Crippen LogP contribution >= 0.6 is 0 Å². The van der Waals surface area contributed by atoms with Gasteiger partial charge in [0.1, 0.15) is 11.6 Å². The van der Waals surface area contributed by atoms with Gasteiger partial charge in [0.2, 0.25) is 0 Å². The van der Waals surface area contributed by atoms with Gasteiger partial charge in [-0.05, 0) is 5.56 Å². The molecule has 1 aromatic carbocycles. The highest BCUT2D eigenvalue weighted by atomic mass is 16.6. The second-order valence-corrected chi connectivity index (χ2v) is 2.75. The number of hydrogen-bond acceptors (Lipinski definition) is 4. The van der Waals surface area contributed by atoms with Crippen LogP contribution in [-0.2, 0) is 11.2 Å². The molecule has 0 atom stereocenters. The van der Waals surface area contributed by atoms with E-state index in [1.54, 1.807) is 6.07 Å². The number of carboxylic acid groups (broad SMARTS) is 1. The van der Waals surface area contributed by atoms with E-state index in [0.29, 0.717) is 0 Å². The SMILES string of the molecule is N#Cc1c(CC(=O)O)cccc1[N+](=O)[O-]. The number of rotatable bonds is 3. The molecule has 76 valence electrons. The molecule has 0 bridgehead atoms. The zero-order valence-corrected chi connectivity index (χ0v) is 7.51. The maximum atomic E-state index is 10.5. The Hall–Kier alpha value is -2.42. The standard InChI is InChI=1S/C9H6N2O4/c10-5-7-6(4-9(12)13)2-1-3-8(7)11(14)15/h1-3H,4H2,(H,12,13). The van der Waals surface area contributed by atoms with Crippen molar-refractivity contribution in [2.24, 2.45) is 0 Å². The molecule has 0 aromatic heterocycles. The molecule has 0 spiro atoms. The van der Waals surface area contributed by atoms with Crippen molar-refractivity contribution in [1.29, 1.82) is 5.26 Å². The van der Waals surface area contributed by atoms with E-state index in [1.807, 2.05) is 0 Å². The molecule has 0 fully saturated rings. The van der Waals surface area contributed by atoms with Crippen molar-refractivity contribution >= 4 is 11.7 Å². The van der Waals surface area contributed by atoms with Gasteiger partial charge < -0.3 is 5.11 Å². The lowest BCUT2D eigenvalue weighted by Gasteiger charge is -2.00. The minimum Gasteiger partial charge on any atom is -0.481 e. The quantitative estimate of drug-likeness (QED) is 0.588. The van der Waals surface area contributed by atoms with Crippen molar-refractivity contribution in [2.45, 2.75) is 6.42 Å². The summed E-state index contributed by atoms with van der Waals surface area (Å²) < 4.78 is 0. The highest BCUT2D eigenvalue weighted by Crippen LogP contribution is 2.21. The van der Waals surface area contributed by atoms with E-state index in [9.17, 15) is 14.9 Å². The third-order valence-corrected chi connectivity index (χ3v) is 1.78. The van der Waals surface area contributed by atoms with Gasteiger partial charge in [-0.1, -0.05) is 12.1 Å². The average Bonchev–Trinajstić information content (AvgIpc) is 2.16. The summed E-state index contributed by atoms with van der Waals surface area (Å²) in [6.07, 6.45) is -0.398. The van der Waals surface area contributed by atoms with Crippen LogP contribution in [0.15, 0.2) is 18.2 Å². The van der Waals surface area contributed by atoms with Crippen LogP contribution in [0, 0.1) is 21.4 Å². The van der Waals surface area contributed by atoms with Gasteiger partial charge in [0.05, 0.1) is 11.3 Å². The van der Waals surface area contributed by atoms with E-state index < -0.39 is 17.3 Å². The average molecular weight is 206 g/mol. The topological polar surface area (TPSA) is 104 Å². The summed E-state index contributed by atoms with van der Waals surface area (Å²) in [5.41, 5.74) is -0.402. The fourth-order valence-electron chi connectivity index (χ4n) is 1.18. The predicted molar refractivity (Wildman–Crippen MR) is 49.2 cm³/mol. The molecule has 0 saturated heterocycles. The van der Waals surface area contributed by atoms with Crippen LogP contribution in [0.1, 0.15) is 11.1 Å². The van der Waals surface area contributed by atoms with Crippen molar-refractivity contribution in [3.63, 3.8) is 0 Å². The Morgan fingerprint density at radius 2 is 2.27 bits per heavy atom. The van der Waals surface area contributed by atoms with E-state index in [2.05, 4.69) is 0 Å². The van der Waals surface area contributed by atoms with Crippen LogP contribution in [0.5, 0.6) is 0 Å². The summed E-state index contributed by atoms with van der Waals surface area (Å²) in [6, 6.07) is 5.56. The lowest BCUT2D eigenvalue weighted by atomic mass is 10.0. The Kier molecular flexibility index (Phi) is 2.98. The van der Waals surface area contributed by atoms with E-state index in [-0.39, 0.29) is 16.8 Å². The van der Waals surface area contributed by atoms with Gasteiger partial charge in [0.25, 0.3) is 5.69 Å². The van der Waals surface area contributed by atoms with E-state index in [0.717, 1.165) is 0 Å².